The molecule has 6 nitrogen and oxygen atoms in total. The molecule has 4 aliphatic rings. The van der Waals surface area contributed by atoms with Crippen LogP contribution in [0.1, 0.15) is 52.9 Å². The first-order valence-corrected chi connectivity index (χ1v) is 10.4. The van der Waals surface area contributed by atoms with Crippen LogP contribution in [0.5, 0.6) is 0 Å². The van der Waals surface area contributed by atoms with Crippen LogP contribution in [0.15, 0.2) is 23.8 Å². The molecule has 0 saturated heterocycles. The number of aliphatic hydroxyl groups is 1. The molecule has 0 aromatic carbocycles. The molecule has 6 heteroatoms. The lowest BCUT2D eigenvalue weighted by Crippen LogP contribution is -2.60. The second-order valence-corrected chi connectivity index (χ2v) is 9.64. The van der Waals surface area contributed by atoms with E-state index in [2.05, 4.69) is 0 Å². The van der Waals surface area contributed by atoms with Crippen molar-refractivity contribution in [3.8, 4) is 0 Å². The lowest BCUT2D eigenvalue weighted by atomic mass is 9.46. The van der Waals surface area contributed by atoms with Crippen molar-refractivity contribution in [2.45, 2.75) is 58.5 Å². The number of ether oxygens (including phenoxy) is 1. The average Bonchev–Trinajstić information content (AvgIpc) is 2.91. The molecule has 0 amide bonds. The van der Waals surface area contributed by atoms with Crippen molar-refractivity contribution < 1.29 is 29.0 Å². The number of hydrogen-bond acceptors (Lipinski definition) is 6. The summed E-state index contributed by atoms with van der Waals surface area (Å²) in [5.41, 5.74) is -1.99. The van der Waals surface area contributed by atoms with Crippen LogP contribution in [0.3, 0.4) is 0 Å². The minimum atomic E-state index is -1.66. The zero-order chi connectivity index (χ0) is 21.2. The Morgan fingerprint density at radius 3 is 2.66 bits per heavy atom. The van der Waals surface area contributed by atoms with Gasteiger partial charge in [-0.05, 0) is 49.7 Å². The van der Waals surface area contributed by atoms with Gasteiger partial charge in [0, 0.05) is 30.1 Å². The third kappa shape index (κ3) is 2.71. The van der Waals surface area contributed by atoms with Crippen LogP contribution >= 0.6 is 0 Å². The fourth-order valence-electron chi connectivity index (χ4n) is 6.78. The fraction of sp³-hybridized carbons (Fsp3) is 0.652. The Hall–Kier alpha value is -2.08. The van der Waals surface area contributed by atoms with E-state index in [9.17, 15) is 24.3 Å². The first-order chi connectivity index (χ1) is 13.5. The standard InChI is InChI=1S/C23H28O6/c1-13(24)29-12-19(27)23(28)9-7-17-16-5-4-14-10-15(25)6-8-21(14,2)20(16)18(26)11-22(17,23)3/h6,8,10,16-17,20,28H,4-5,7,9,11-12H2,1-3H3/t16-,17-,20+,21+,22-,23-/m1/s1. The lowest BCUT2D eigenvalue weighted by Gasteiger charge is -2.56. The number of Topliss-reactive ketones (excluding diaryl/α,β-unsaturated/α-hetero) is 2. The SMILES string of the molecule is CC(=O)OCC(=O)[C@]1(O)CC[C@@H]2[C@H]3CCC4=CC(=O)C=C[C@]4(C)[C@@H]3C(=O)C[C@]21C. The van der Waals surface area contributed by atoms with Gasteiger partial charge in [-0.15, -0.1) is 0 Å². The van der Waals surface area contributed by atoms with Gasteiger partial charge < -0.3 is 9.84 Å². The van der Waals surface area contributed by atoms with E-state index in [0.717, 1.165) is 18.4 Å². The largest absolute Gasteiger partial charge is 0.458 e. The monoisotopic (exact) mass is 400 g/mol. The van der Waals surface area contributed by atoms with Crippen LogP contribution in [0.2, 0.25) is 0 Å². The molecule has 6 atom stereocenters. The predicted molar refractivity (Wildman–Crippen MR) is 104 cm³/mol. The maximum atomic E-state index is 13.4. The maximum Gasteiger partial charge on any atom is 0.303 e. The zero-order valence-corrected chi connectivity index (χ0v) is 17.2. The number of fused-ring (bicyclic) bond motifs is 5. The Balaban J connectivity index is 1.67. The van der Waals surface area contributed by atoms with Crippen LogP contribution in [0.4, 0.5) is 0 Å². The van der Waals surface area contributed by atoms with Gasteiger partial charge in [0.05, 0.1) is 0 Å². The first kappa shape index (κ1) is 20.2. The van der Waals surface area contributed by atoms with Crippen LogP contribution in [0.25, 0.3) is 0 Å². The molecule has 0 aliphatic heterocycles. The Bertz CT molecular complexity index is 869. The van der Waals surface area contributed by atoms with Crippen molar-refractivity contribution in [3.63, 3.8) is 0 Å². The zero-order valence-electron chi connectivity index (χ0n) is 17.2. The Morgan fingerprint density at radius 1 is 1.24 bits per heavy atom. The number of ketones is 3. The second kappa shape index (κ2) is 6.46. The van der Waals surface area contributed by atoms with E-state index in [-0.39, 0.29) is 42.2 Å². The van der Waals surface area contributed by atoms with Crippen LogP contribution in [-0.2, 0) is 23.9 Å². The van der Waals surface area contributed by atoms with Gasteiger partial charge in [0.15, 0.2) is 12.4 Å². The van der Waals surface area contributed by atoms with Gasteiger partial charge in [-0.2, -0.15) is 0 Å². The van der Waals surface area contributed by atoms with Crippen LogP contribution in [0, 0.1) is 28.6 Å². The number of esters is 1. The highest BCUT2D eigenvalue weighted by Crippen LogP contribution is 2.66. The molecule has 0 spiro atoms. The third-order valence-electron chi connectivity index (χ3n) is 8.28. The normalized spacial score (nSPS) is 43.2. The molecule has 0 radical (unpaired) electrons. The van der Waals surface area contributed by atoms with Crippen molar-refractivity contribution in [3.05, 3.63) is 23.8 Å². The summed E-state index contributed by atoms with van der Waals surface area (Å²) in [6.07, 6.45) is 7.68. The highest BCUT2D eigenvalue weighted by Gasteiger charge is 2.68. The highest BCUT2D eigenvalue weighted by atomic mass is 16.5. The van der Waals surface area contributed by atoms with Gasteiger partial charge >= 0.3 is 5.97 Å². The lowest BCUT2D eigenvalue weighted by molar-refractivity contribution is -0.172. The van der Waals surface area contributed by atoms with Crippen molar-refractivity contribution in [1.29, 1.82) is 0 Å². The summed E-state index contributed by atoms with van der Waals surface area (Å²) in [4.78, 5) is 49.2. The fourth-order valence-corrected chi connectivity index (χ4v) is 6.78. The van der Waals surface area contributed by atoms with Gasteiger partial charge in [-0.25, -0.2) is 0 Å². The molecular formula is C23H28O6. The summed E-state index contributed by atoms with van der Waals surface area (Å²) < 4.78 is 4.85. The molecule has 29 heavy (non-hydrogen) atoms. The number of hydrogen-bond donors (Lipinski definition) is 1. The minimum Gasteiger partial charge on any atom is -0.458 e. The van der Waals surface area contributed by atoms with Crippen LogP contribution in [-0.4, -0.2) is 40.6 Å². The van der Waals surface area contributed by atoms with Gasteiger partial charge in [-0.1, -0.05) is 25.5 Å². The van der Waals surface area contributed by atoms with Gasteiger partial charge in [0.1, 0.15) is 11.4 Å². The molecule has 156 valence electrons. The molecule has 4 rings (SSSR count). The van der Waals surface area contributed by atoms with E-state index >= 15 is 0 Å². The van der Waals surface area contributed by atoms with E-state index in [4.69, 9.17) is 4.74 Å². The predicted octanol–water partition coefficient (Wildman–Crippen LogP) is 2.34. The number of carbonyl (C=O) groups is 4. The van der Waals surface area contributed by atoms with Crippen LogP contribution < -0.4 is 0 Å². The molecule has 3 saturated carbocycles. The van der Waals surface area contributed by atoms with Crippen molar-refractivity contribution >= 4 is 23.3 Å². The Labute approximate surface area is 170 Å². The molecule has 0 aromatic rings. The Morgan fingerprint density at radius 2 is 1.97 bits per heavy atom. The van der Waals surface area contributed by atoms with E-state index in [1.807, 2.05) is 19.9 Å². The summed E-state index contributed by atoms with van der Waals surface area (Å²) in [7, 11) is 0. The molecule has 0 bridgehead atoms. The topological polar surface area (TPSA) is 97.7 Å². The summed E-state index contributed by atoms with van der Waals surface area (Å²) in [6.45, 7) is 4.64. The molecule has 0 aromatic heterocycles. The summed E-state index contributed by atoms with van der Waals surface area (Å²) >= 11 is 0. The third-order valence-corrected chi connectivity index (χ3v) is 8.28. The van der Waals surface area contributed by atoms with E-state index in [0.29, 0.717) is 6.42 Å². The van der Waals surface area contributed by atoms with Crippen molar-refractivity contribution in [2.75, 3.05) is 6.61 Å². The van der Waals surface area contributed by atoms with E-state index < -0.39 is 34.8 Å². The summed E-state index contributed by atoms with van der Waals surface area (Å²) in [5, 5.41) is 11.4. The average molecular weight is 400 g/mol. The highest BCUT2D eigenvalue weighted by molar-refractivity contribution is 6.02. The maximum absolute atomic E-state index is 13.4. The van der Waals surface area contributed by atoms with E-state index in [1.54, 1.807) is 12.2 Å². The van der Waals surface area contributed by atoms with Gasteiger partial charge in [-0.3, -0.25) is 19.2 Å². The van der Waals surface area contributed by atoms with Crippen molar-refractivity contribution in [2.24, 2.45) is 28.6 Å². The quantitative estimate of drug-likeness (QED) is 0.730. The molecule has 3 fully saturated rings. The molecule has 4 aliphatic carbocycles. The number of rotatable bonds is 3. The first-order valence-electron chi connectivity index (χ1n) is 10.4. The summed E-state index contributed by atoms with van der Waals surface area (Å²) in [5.74, 6) is -1.24. The minimum absolute atomic E-state index is 0.0286. The molecular weight excluding hydrogens is 372 g/mol. The molecule has 0 unspecified atom stereocenters. The second-order valence-electron chi connectivity index (χ2n) is 9.64. The summed E-state index contributed by atoms with van der Waals surface area (Å²) in [6, 6.07) is 0. The number of carbonyl (C=O) groups excluding carboxylic acids is 4. The molecule has 0 heterocycles. The van der Waals surface area contributed by atoms with Gasteiger partial charge in [0.25, 0.3) is 0 Å². The van der Waals surface area contributed by atoms with Crippen molar-refractivity contribution in [1.82, 2.24) is 0 Å². The number of allylic oxidation sites excluding steroid dienone is 4. The van der Waals surface area contributed by atoms with Gasteiger partial charge in [0.2, 0.25) is 5.78 Å². The Kier molecular flexibility index (Phi) is 4.50. The molecule has 1 N–H and O–H groups in total. The van der Waals surface area contributed by atoms with E-state index in [1.165, 1.54) is 6.92 Å². The smallest absolute Gasteiger partial charge is 0.303 e.